The number of halogens is 6. The van der Waals surface area contributed by atoms with Gasteiger partial charge in [-0.1, -0.05) is 4.13 Å². The second kappa shape index (κ2) is 8.88. The highest BCUT2D eigenvalue weighted by Crippen LogP contribution is 2.27. The molecule has 16 heteroatoms. The van der Waals surface area contributed by atoms with E-state index in [-0.39, 0.29) is 0 Å². The maximum Gasteiger partial charge on any atom is 0.512 e. The Bertz CT molecular complexity index is 621. The standard InChI is InChI=1S/C7H17N2O.C2HF6NO4S2/c1-6-10-7(8(2)3)9(4)5;3-1(4,5)14(10,11)9-15(12,13)2(6,7)8/h6H2,1-5H3;9H/q+1;. The van der Waals surface area contributed by atoms with E-state index >= 15 is 0 Å². The molecule has 0 saturated heterocycles. The van der Waals surface area contributed by atoms with Crippen LogP contribution >= 0.6 is 0 Å². The zero-order valence-electron chi connectivity index (χ0n) is 13.7. The molecule has 0 radical (unpaired) electrons. The van der Waals surface area contributed by atoms with Gasteiger partial charge in [0.15, 0.2) is 0 Å². The van der Waals surface area contributed by atoms with E-state index in [0.29, 0.717) is 6.61 Å². The SMILES string of the molecule is CCOC(N(C)C)=[N+](C)C.O=S(=O)(NS(=O)(=O)C(F)(F)F)C(F)(F)F. The summed E-state index contributed by atoms with van der Waals surface area (Å²) in [6.07, 6.45) is 0. The molecule has 0 aliphatic rings. The molecule has 0 aliphatic carbocycles. The first-order valence-corrected chi connectivity index (χ1v) is 9.02. The van der Waals surface area contributed by atoms with E-state index in [4.69, 9.17) is 4.74 Å². The monoisotopic (exact) mass is 426 g/mol. The lowest BCUT2D eigenvalue weighted by molar-refractivity contribution is -0.480. The first kappa shape index (κ1) is 25.9. The number of hydrogen-bond acceptors (Lipinski definition) is 5. The Morgan fingerprint density at radius 3 is 1.40 bits per heavy atom. The third kappa shape index (κ3) is 8.57. The lowest BCUT2D eigenvalue weighted by atomic mass is 10.8. The van der Waals surface area contributed by atoms with E-state index in [2.05, 4.69) is 0 Å². The first-order valence-electron chi connectivity index (χ1n) is 6.05. The van der Waals surface area contributed by atoms with Gasteiger partial charge in [-0.05, 0) is 6.92 Å². The van der Waals surface area contributed by atoms with Crippen molar-refractivity contribution in [3.63, 3.8) is 0 Å². The van der Waals surface area contributed by atoms with E-state index in [9.17, 15) is 43.2 Å². The van der Waals surface area contributed by atoms with Crippen molar-refractivity contribution in [2.45, 2.75) is 17.9 Å². The smallest absolute Gasteiger partial charge is 0.432 e. The van der Waals surface area contributed by atoms with E-state index in [1.807, 2.05) is 44.6 Å². The molecule has 1 N–H and O–H groups in total. The summed E-state index contributed by atoms with van der Waals surface area (Å²) < 4.78 is 116. The molecule has 0 rings (SSSR count). The number of sulfonamides is 2. The van der Waals surface area contributed by atoms with Crippen LogP contribution < -0.4 is 4.13 Å². The highest BCUT2D eigenvalue weighted by molar-refractivity contribution is 8.05. The molecule has 0 amide bonds. The normalized spacial score (nSPS) is 12.8. The maximum absolute atomic E-state index is 11.5. The number of alkyl halides is 6. The van der Waals surface area contributed by atoms with Crippen LogP contribution in [0.1, 0.15) is 6.92 Å². The summed E-state index contributed by atoms with van der Waals surface area (Å²) >= 11 is 0. The van der Waals surface area contributed by atoms with Crippen LogP contribution in [0.2, 0.25) is 0 Å². The minimum absolute atomic E-state index is 0.493. The van der Waals surface area contributed by atoms with Crippen molar-refractivity contribution >= 4 is 26.1 Å². The van der Waals surface area contributed by atoms with Crippen molar-refractivity contribution in [3.8, 4) is 0 Å². The molecule has 0 unspecified atom stereocenters. The van der Waals surface area contributed by atoms with E-state index < -0.39 is 35.2 Å². The molecule has 152 valence electrons. The van der Waals surface area contributed by atoms with Crippen LogP contribution in [0.5, 0.6) is 0 Å². The number of nitrogens with zero attached hydrogens (tertiary/aromatic N) is 2. The summed E-state index contributed by atoms with van der Waals surface area (Å²) in [4.78, 5) is 1.95. The van der Waals surface area contributed by atoms with Gasteiger partial charge in [0.1, 0.15) is 0 Å². The molecule has 0 atom stereocenters. The third-order valence-electron chi connectivity index (χ3n) is 1.87. The van der Waals surface area contributed by atoms with Crippen LogP contribution in [0.15, 0.2) is 0 Å². The van der Waals surface area contributed by atoms with Gasteiger partial charge in [0.25, 0.3) is 0 Å². The molecular weight excluding hydrogens is 408 g/mol. The maximum atomic E-state index is 11.5. The summed E-state index contributed by atoms with van der Waals surface area (Å²) in [6, 6.07) is 0.891. The van der Waals surface area contributed by atoms with Gasteiger partial charge in [0.05, 0.1) is 34.8 Å². The number of nitrogens with one attached hydrogen (secondary N) is 1. The molecule has 0 bridgehead atoms. The van der Waals surface area contributed by atoms with Crippen molar-refractivity contribution in [2.75, 3.05) is 34.8 Å². The van der Waals surface area contributed by atoms with Gasteiger partial charge in [-0.3, -0.25) is 0 Å². The molecule has 0 aromatic heterocycles. The van der Waals surface area contributed by atoms with Gasteiger partial charge in [-0.25, -0.2) is 26.3 Å². The fourth-order valence-corrected chi connectivity index (χ4v) is 2.94. The Labute approximate surface area is 141 Å². The largest absolute Gasteiger partial charge is 0.512 e. The van der Waals surface area contributed by atoms with Crippen LogP contribution in [-0.2, 0) is 24.8 Å². The van der Waals surface area contributed by atoms with E-state index in [1.54, 1.807) is 0 Å². The van der Waals surface area contributed by atoms with Crippen LogP contribution in [0.4, 0.5) is 26.3 Å². The molecule has 0 fully saturated rings. The molecular formula is C9H18F6N3O5S2+. The lowest BCUT2D eigenvalue weighted by Gasteiger charge is -2.11. The Kier molecular flexibility index (Phi) is 9.22. The van der Waals surface area contributed by atoms with E-state index in [0.717, 1.165) is 6.02 Å². The molecule has 0 aliphatic heterocycles. The molecule has 0 aromatic carbocycles. The molecule has 0 aromatic rings. The molecule has 0 spiro atoms. The molecule has 0 saturated carbocycles. The summed E-state index contributed by atoms with van der Waals surface area (Å²) in [5.41, 5.74) is -12.3. The predicted octanol–water partition coefficient (Wildman–Crippen LogP) is 0.488. The van der Waals surface area contributed by atoms with Crippen molar-refractivity contribution in [3.05, 3.63) is 0 Å². The fraction of sp³-hybridized carbons (Fsp3) is 0.889. The quantitative estimate of drug-likeness (QED) is 0.306. The second-order valence-electron chi connectivity index (χ2n) is 4.49. The molecule has 0 heterocycles. The zero-order valence-corrected chi connectivity index (χ0v) is 15.4. The van der Waals surface area contributed by atoms with Crippen LogP contribution in [0, 0.1) is 0 Å². The van der Waals surface area contributed by atoms with Gasteiger partial charge in [0, 0.05) is 0 Å². The number of rotatable bonds is 3. The van der Waals surface area contributed by atoms with E-state index in [1.165, 1.54) is 0 Å². The zero-order chi connectivity index (χ0) is 20.9. The highest BCUT2D eigenvalue weighted by atomic mass is 32.3. The van der Waals surface area contributed by atoms with Gasteiger partial charge in [-0.15, -0.1) is 0 Å². The van der Waals surface area contributed by atoms with Crippen molar-refractivity contribution < 1.29 is 52.5 Å². The minimum Gasteiger partial charge on any atom is -0.432 e. The Morgan fingerprint density at radius 1 is 0.960 bits per heavy atom. The minimum atomic E-state index is -6.60. The second-order valence-corrected chi connectivity index (χ2v) is 8.09. The van der Waals surface area contributed by atoms with Crippen molar-refractivity contribution in [2.24, 2.45) is 0 Å². The van der Waals surface area contributed by atoms with Crippen molar-refractivity contribution in [1.29, 1.82) is 0 Å². The van der Waals surface area contributed by atoms with Gasteiger partial charge in [-0.2, -0.15) is 26.3 Å². The Morgan fingerprint density at radius 2 is 1.28 bits per heavy atom. The summed E-state index contributed by atoms with van der Waals surface area (Å²) in [5.74, 6) is 0. The first-order chi connectivity index (χ1) is 10.8. The predicted molar refractivity (Wildman–Crippen MR) is 75.5 cm³/mol. The lowest BCUT2D eigenvalue weighted by Crippen LogP contribution is -2.45. The van der Waals surface area contributed by atoms with Crippen LogP contribution in [0.25, 0.3) is 0 Å². The van der Waals surface area contributed by atoms with Gasteiger partial charge < -0.3 is 4.74 Å². The van der Waals surface area contributed by atoms with Crippen LogP contribution in [0.3, 0.4) is 0 Å². The summed E-state index contributed by atoms with van der Waals surface area (Å²) in [5, 5.41) is 0. The Balaban J connectivity index is 0. The number of amidine groups is 1. The molecule has 25 heavy (non-hydrogen) atoms. The van der Waals surface area contributed by atoms with Gasteiger partial charge >= 0.3 is 37.1 Å². The molecule has 8 nitrogen and oxygen atoms in total. The average molecular weight is 426 g/mol. The topological polar surface area (TPSA) is 95.8 Å². The summed E-state index contributed by atoms with van der Waals surface area (Å²) in [6.45, 7) is 2.69. The third-order valence-corrected chi connectivity index (χ3v) is 4.84. The highest BCUT2D eigenvalue weighted by Gasteiger charge is 2.55. The Hall–Kier alpha value is -1.29. The van der Waals surface area contributed by atoms with Crippen molar-refractivity contribution in [1.82, 2.24) is 9.03 Å². The number of hydrogen-bond donors (Lipinski definition) is 1. The summed E-state index contributed by atoms with van der Waals surface area (Å²) in [7, 11) is -5.34. The average Bonchev–Trinajstić information content (AvgIpc) is 2.31. The van der Waals surface area contributed by atoms with Gasteiger partial charge in [0.2, 0.25) is 0 Å². The fourth-order valence-electron chi connectivity index (χ4n) is 1.03. The van der Waals surface area contributed by atoms with Crippen LogP contribution in [-0.4, -0.2) is 78.1 Å². The number of ether oxygens (including phenoxy) is 1.